The number of hydrogen-bond acceptors (Lipinski definition) is 3. The normalized spacial score (nSPS) is 13.8. The highest BCUT2D eigenvalue weighted by Crippen LogP contribution is 2.25. The number of benzene rings is 2. The minimum absolute atomic E-state index is 0.0438. The molecule has 0 radical (unpaired) electrons. The molecule has 25 heavy (non-hydrogen) atoms. The van der Waals surface area contributed by atoms with Gasteiger partial charge in [0.2, 0.25) is 5.91 Å². The summed E-state index contributed by atoms with van der Waals surface area (Å²) in [6.07, 6.45) is 1.10. The number of rotatable bonds is 6. The van der Waals surface area contributed by atoms with Gasteiger partial charge in [-0.1, -0.05) is 50.2 Å². The summed E-state index contributed by atoms with van der Waals surface area (Å²) >= 11 is 0. The third kappa shape index (κ3) is 4.06. The fourth-order valence-corrected chi connectivity index (χ4v) is 2.78. The minimum atomic E-state index is -0.647. The molecule has 0 fully saturated rings. The van der Waals surface area contributed by atoms with Gasteiger partial charge >= 0.3 is 0 Å². The number of fused-ring (bicyclic) bond motifs is 1. The monoisotopic (exact) mass is 337 g/mol. The van der Waals surface area contributed by atoms with Crippen LogP contribution in [0.15, 0.2) is 54.9 Å². The number of hydrogen-bond donors (Lipinski definition) is 3. The van der Waals surface area contributed by atoms with Gasteiger partial charge in [0.25, 0.3) is 0 Å². The maximum Gasteiger partial charge on any atom is 0.223 e. The Morgan fingerprint density at radius 1 is 1.16 bits per heavy atom. The largest absolute Gasteiger partial charge is 0.392 e. The van der Waals surface area contributed by atoms with E-state index in [0.29, 0.717) is 0 Å². The number of imidazole rings is 1. The fraction of sp³-hybridized carbons (Fsp3) is 0.300. The van der Waals surface area contributed by atoms with Crippen LogP contribution in [0.3, 0.4) is 0 Å². The maximum atomic E-state index is 12.4. The second kappa shape index (κ2) is 7.49. The van der Waals surface area contributed by atoms with E-state index in [1.165, 1.54) is 0 Å². The van der Waals surface area contributed by atoms with Crippen molar-refractivity contribution in [3.63, 3.8) is 0 Å². The lowest BCUT2D eigenvalue weighted by molar-refractivity contribution is -0.124. The molecule has 1 heterocycles. The third-order valence-electron chi connectivity index (χ3n) is 4.38. The van der Waals surface area contributed by atoms with Gasteiger partial charge in [-0.3, -0.25) is 4.79 Å². The number of nitrogens with one attached hydrogen (secondary N) is 2. The number of nitrogens with zero attached hydrogens (tertiary/aromatic N) is 1. The zero-order valence-electron chi connectivity index (χ0n) is 14.4. The van der Waals surface area contributed by atoms with Crippen molar-refractivity contribution in [3.8, 4) is 0 Å². The molecule has 2 unspecified atom stereocenters. The summed E-state index contributed by atoms with van der Waals surface area (Å²) in [6.45, 7) is 3.80. The van der Waals surface area contributed by atoms with E-state index in [0.717, 1.165) is 22.2 Å². The first-order valence-electron chi connectivity index (χ1n) is 8.50. The number of aromatic amines is 1. The van der Waals surface area contributed by atoms with Gasteiger partial charge in [-0.05, 0) is 29.2 Å². The summed E-state index contributed by atoms with van der Waals surface area (Å²) in [6, 6.07) is 15.5. The van der Waals surface area contributed by atoms with Crippen LogP contribution < -0.4 is 5.32 Å². The molecule has 0 aliphatic rings. The quantitative estimate of drug-likeness (QED) is 0.646. The second-order valence-electron chi connectivity index (χ2n) is 6.61. The van der Waals surface area contributed by atoms with Crippen LogP contribution in [0.5, 0.6) is 0 Å². The van der Waals surface area contributed by atoms with Crippen molar-refractivity contribution in [2.24, 2.45) is 5.92 Å². The molecule has 3 rings (SSSR count). The number of carbonyl (C=O) groups excluding carboxylic acids is 1. The van der Waals surface area contributed by atoms with Crippen molar-refractivity contribution in [3.05, 3.63) is 66.0 Å². The maximum absolute atomic E-state index is 12.4. The molecule has 0 saturated heterocycles. The summed E-state index contributed by atoms with van der Waals surface area (Å²) in [4.78, 5) is 19.8. The summed E-state index contributed by atoms with van der Waals surface area (Å²) in [5.74, 6) is -0.123. The third-order valence-corrected chi connectivity index (χ3v) is 4.38. The lowest BCUT2D eigenvalue weighted by Gasteiger charge is -2.22. The number of aliphatic hydroxyl groups is 1. The number of aromatic nitrogens is 2. The van der Waals surface area contributed by atoms with E-state index in [-0.39, 0.29) is 24.3 Å². The lowest BCUT2D eigenvalue weighted by atomic mass is 9.97. The molecule has 3 N–H and O–H groups in total. The number of amides is 1. The zero-order valence-corrected chi connectivity index (χ0v) is 14.4. The van der Waals surface area contributed by atoms with Crippen molar-refractivity contribution in [1.82, 2.24) is 15.3 Å². The van der Waals surface area contributed by atoms with Gasteiger partial charge < -0.3 is 15.4 Å². The number of H-pyrrole nitrogens is 1. The predicted octanol–water partition coefficient (Wildman–Crippen LogP) is 3.18. The standard InChI is InChI=1S/C20H23N3O2/c1-13(2)18(24)11-19(25)23-20(14-6-4-3-5-7-14)15-8-9-16-17(10-15)22-12-21-16/h3-10,12-13,18,20,24H,11H2,1-2H3,(H,21,22)(H,23,25). The molecular formula is C20H23N3O2. The number of carbonyl (C=O) groups is 1. The Balaban J connectivity index is 1.89. The lowest BCUT2D eigenvalue weighted by Crippen LogP contribution is -2.33. The Hall–Kier alpha value is -2.66. The van der Waals surface area contributed by atoms with Crippen molar-refractivity contribution in [2.45, 2.75) is 32.4 Å². The Kier molecular flexibility index (Phi) is 5.14. The van der Waals surface area contributed by atoms with E-state index in [4.69, 9.17) is 0 Å². The van der Waals surface area contributed by atoms with Crippen LogP contribution in [0.2, 0.25) is 0 Å². The predicted molar refractivity (Wildman–Crippen MR) is 98.0 cm³/mol. The molecule has 0 saturated carbocycles. The van der Waals surface area contributed by atoms with Crippen LogP contribution >= 0.6 is 0 Å². The number of aliphatic hydroxyl groups excluding tert-OH is 1. The van der Waals surface area contributed by atoms with Gasteiger partial charge in [0.15, 0.2) is 0 Å². The van der Waals surface area contributed by atoms with Crippen LogP contribution in [-0.4, -0.2) is 27.1 Å². The van der Waals surface area contributed by atoms with E-state index in [2.05, 4.69) is 15.3 Å². The first-order valence-corrected chi connectivity index (χ1v) is 8.50. The molecule has 0 aliphatic carbocycles. The van der Waals surface area contributed by atoms with E-state index in [1.807, 2.05) is 62.4 Å². The smallest absolute Gasteiger partial charge is 0.223 e. The van der Waals surface area contributed by atoms with E-state index >= 15 is 0 Å². The molecule has 130 valence electrons. The summed E-state index contributed by atoms with van der Waals surface area (Å²) < 4.78 is 0. The summed E-state index contributed by atoms with van der Waals surface area (Å²) in [5, 5.41) is 13.0. The van der Waals surface area contributed by atoms with Crippen LogP contribution in [0.4, 0.5) is 0 Å². The molecule has 0 bridgehead atoms. The van der Waals surface area contributed by atoms with Crippen LogP contribution in [0.25, 0.3) is 11.0 Å². The highest BCUT2D eigenvalue weighted by Gasteiger charge is 2.20. The SMILES string of the molecule is CC(C)C(O)CC(=O)NC(c1ccccc1)c1ccc2nc[nH]c2c1. The first-order chi connectivity index (χ1) is 12.0. The molecule has 2 atom stereocenters. The highest BCUT2D eigenvalue weighted by atomic mass is 16.3. The molecule has 2 aromatic carbocycles. The molecule has 3 aromatic rings. The van der Waals surface area contributed by atoms with Crippen molar-refractivity contribution >= 4 is 16.9 Å². The van der Waals surface area contributed by atoms with E-state index in [1.54, 1.807) is 6.33 Å². The Bertz CT molecular complexity index is 842. The molecule has 0 spiro atoms. The molecule has 1 aromatic heterocycles. The molecule has 5 heteroatoms. The van der Waals surface area contributed by atoms with Gasteiger partial charge in [-0.25, -0.2) is 4.98 Å². The van der Waals surface area contributed by atoms with Gasteiger partial charge in [-0.15, -0.1) is 0 Å². The van der Waals surface area contributed by atoms with Crippen molar-refractivity contribution in [2.75, 3.05) is 0 Å². The Morgan fingerprint density at radius 3 is 2.64 bits per heavy atom. The van der Waals surface area contributed by atoms with Crippen LogP contribution in [0.1, 0.15) is 37.4 Å². The zero-order chi connectivity index (χ0) is 17.8. The van der Waals surface area contributed by atoms with Gasteiger partial charge in [0.1, 0.15) is 0 Å². The van der Waals surface area contributed by atoms with Gasteiger partial charge in [0, 0.05) is 0 Å². The van der Waals surface area contributed by atoms with Crippen molar-refractivity contribution in [1.29, 1.82) is 0 Å². The van der Waals surface area contributed by atoms with E-state index in [9.17, 15) is 9.90 Å². The van der Waals surface area contributed by atoms with Crippen LogP contribution in [-0.2, 0) is 4.79 Å². The molecule has 5 nitrogen and oxygen atoms in total. The van der Waals surface area contributed by atoms with Gasteiger partial charge in [-0.2, -0.15) is 0 Å². The molecule has 0 aliphatic heterocycles. The van der Waals surface area contributed by atoms with Gasteiger partial charge in [0.05, 0.1) is 35.9 Å². The molecule has 1 amide bonds. The highest BCUT2D eigenvalue weighted by molar-refractivity contribution is 5.79. The Morgan fingerprint density at radius 2 is 1.92 bits per heavy atom. The average molecular weight is 337 g/mol. The second-order valence-corrected chi connectivity index (χ2v) is 6.61. The Labute approximate surface area is 147 Å². The summed E-state index contributed by atoms with van der Waals surface area (Å²) in [5.41, 5.74) is 3.77. The first kappa shape index (κ1) is 17.2. The minimum Gasteiger partial charge on any atom is -0.392 e. The molecular weight excluding hydrogens is 314 g/mol. The van der Waals surface area contributed by atoms with E-state index < -0.39 is 6.10 Å². The average Bonchev–Trinajstić information content (AvgIpc) is 3.08. The van der Waals surface area contributed by atoms with Crippen LogP contribution in [0, 0.1) is 5.92 Å². The topological polar surface area (TPSA) is 78.0 Å². The van der Waals surface area contributed by atoms with Crippen molar-refractivity contribution < 1.29 is 9.90 Å². The fourth-order valence-electron chi connectivity index (χ4n) is 2.78. The summed E-state index contributed by atoms with van der Waals surface area (Å²) in [7, 11) is 0.